The lowest BCUT2D eigenvalue weighted by Gasteiger charge is -2.26. The molecule has 1 aliphatic carbocycles. The Morgan fingerprint density at radius 3 is 3.00 bits per heavy atom. The highest BCUT2D eigenvalue weighted by Gasteiger charge is 2.17. The van der Waals surface area contributed by atoms with E-state index >= 15 is 0 Å². The van der Waals surface area contributed by atoms with Crippen molar-refractivity contribution in [3.05, 3.63) is 18.1 Å². The molecule has 0 aromatic carbocycles. The molecule has 0 bridgehead atoms. The number of hydrogen-bond acceptors (Lipinski definition) is 4. The third-order valence-corrected chi connectivity index (χ3v) is 2.74. The molecule has 2 rings (SSSR count). The van der Waals surface area contributed by atoms with E-state index in [1.807, 2.05) is 0 Å². The van der Waals surface area contributed by atoms with Crippen LogP contribution in [0.1, 0.15) is 25.1 Å². The van der Waals surface area contributed by atoms with Crippen LogP contribution in [-0.4, -0.2) is 29.1 Å². The maximum atomic E-state index is 5.75. The Morgan fingerprint density at radius 2 is 2.39 bits per heavy atom. The first-order valence-electron chi connectivity index (χ1n) is 5.70. The quantitative estimate of drug-likeness (QED) is 0.475. The highest BCUT2D eigenvalue weighted by molar-refractivity contribution is 14.0. The largest absolute Gasteiger partial charge is 0.481 e. The number of guanidine groups is 1. The molecule has 18 heavy (non-hydrogen) atoms. The fourth-order valence-corrected chi connectivity index (χ4v) is 1.53. The van der Waals surface area contributed by atoms with Crippen LogP contribution in [0.5, 0.6) is 5.88 Å². The molecule has 1 fully saturated rings. The van der Waals surface area contributed by atoms with Gasteiger partial charge in [0.05, 0.1) is 7.11 Å². The standard InChI is InChI=1S/C11H17N5O.HI/c1-17-10-5-6-13-9(16-10)7-14-11(12)15-8-3-2-4-8;/h5-6,8H,2-4,7H2,1H3,(H3,12,14,15);1H. The number of nitrogens with two attached hydrogens (primary N) is 1. The number of hydrogen-bond donors (Lipinski definition) is 2. The van der Waals surface area contributed by atoms with Crippen molar-refractivity contribution < 1.29 is 4.74 Å². The second kappa shape index (κ2) is 7.34. The number of aliphatic imine (C=N–C) groups is 1. The molecule has 1 saturated carbocycles. The zero-order valence-corrected chi connectivity index (χ0v) is 12.6. The van der Waals surface area contributed by atoms with Gasteiger partial charge in [0.15, 0.2) is 11.8 Å². The Labute approximate surface area is 123 Å². The van der Waals surface area contributed by atoms with Gasteiger partial charge in [-0.15, -0.1) is 24.0 Å². The molecule has 100 valence electrons. The lowest BCUT2D eigenvalue weighted by molar-refractivity contribution is 0.382. The topological polar surface area (TPSA) is 85.4 Å². The van der Waals surface area contributed by atoms with Crippen LogP contribution in [0.3, 0.4) is 0 Å². The Balaban J connectivity index is 0.00000162. The van der Waals surface area contributed by atoms with Crippen LogP contribution >= 0.6 is 24.0 Å². The van der Waals surface area contributed by atoms with E-state index in [0.717, 1.165) is 0 Å². The number of rotatable bonds is 4. The number of aromatic nitrogens is 2. The van der Waals surface area contributed by atoms with Crippen molar-refractivity contribution in [1.82, 2.24) is 15.3 Å². The molecule has 6 nitrogen and oxygen atoms in total. The van der Waals surface area contributed by atoms with Gasteiger partial charge in [0, 0.05) is 18.3 Å². The Morgan fingerprint density at radius 1 is 1.61 bits per heavy atom. The van der Waals surface area contributed by atoms with Crippen LogP contribution < -0.4 is 15.8 Å². The van der Waals surface area contributed by atoms with Crippen LogP contribution in [0, 0.1) is 0 Å². The zero-order chi connectivity index (χ0) is 12.1. The van der Waals surface area contributed by atoms with E-state index in [-0.39, 0.29) is 24.0 Å². The molecule has 0 aliphatic heterocycles. The predicted molar refractivity (Wildman–Crippen MR) is 80.1 cm³/mol. The molecule has 0 unspecified atom stereocenters. The van der Waals surface area contributed by atoms with E-state index in [1.54, 1.807) is 19.4 Å². The zero-order valence-electron chi connectivity index (χ0n) is 10.3. The molecule has 0 radical (unpaired) electrons. The van der Waals surface area contributed by atoms with Crippen LogP contribution in [-0.2, 0) is 6.54 Å². The fraction of sp³-hybridized carbons (Fsp3) is 0.545. The van der Waals surface area contributed by atoms with Gasteiger partial charge in [0.2, 0.25) is 5.88 Å². The maximum absolute atomic E-state index is 5.75. The lowest BCUT2D eigenvalue weighted by Crippen LogP contribution is -2.43. The minimum Gasteiger partial charge on any atom is -0.481 e. The Kier molecular flexibility index (Phi) is 6.10. The summed E-state index contributed by atoms with van der Waals surface area (Å²) in [6, 6.07) is 2.19. The molecular formula is C11H18IN5O. The first-order chi connectivity index (χ1) is 8.28. The van der Waals surface area contributed by atoms with Gasteiger partial charge in [-0.1, -0.05) is 0 Å². The van der Waals surface area contributed by atoms with E-state index < -0.39 is 0 Å². The SMILES string of the molecule is COc1ccnc(CN=C(N)NC2CCC2)n1.I. The number of halogens is 1. The van der Waals surface area contributed by atoms with Gasteiger partial charge in [-0.05, 0) is 19.3 Å². The van der Waals surface area contributed by atoms with Crippen LogP contribution in [0.2, 0.25) is 0 Å². The highest BCUT2D eigenvalue weighted by atomic mass is 127. The van der Waals surface area contributed by atoms with E-state index in [9.17, 15) is 0 Å². The second-order valence-corrected chi connectivity index (χ2v) is 3.99. The monoisotopic (exact) mass is 363 g/mol. The Bertz CT molecular complexity index is 408. The summed E-state index contributed by atoms with van der Waals surface area (Å²) in [5, 5.41) is 3.16. The molecule has 1 heterocycles. The summed E-state index contributed by atoms with van der Waals surface area (Å²) < 4.78 is 5.01. The summed E-state index contributed by atoms with van der Waals surface area (Å²) in [5.74, 6) is 1.60. The minimum absolute atomic E-state index is 0. The van der Waals surface area contributed by atoms with Gasteiger partial charge in [0.25, 0.3) is 0 Å². The summed E-state index contributed by atoms with van der Waals surface area (Å²) in [7, 11) is 1.57. The molecule has 3 N–H and O–H groups in total. The van der Waals surface area contributed by atoms with Crippen molar-refractivity contribution in [3.63, 3.8) is 0 Å². The van der Waals surface area contributed by atoms with Crippen molar-refractivity contribution in [1.29, 1.82) is 0 Å². The molecule has 1 aliphatic rings. The smallest absolute Gasteiger partial charge is 0.216 e. The summed E-state index contributed by atoms with van der Waals surface area (Å²) in [5.41, 5.74) is 5.75. The van der Waals surface area contributed by atoms with Gasteiger partial charge in [-0.25, -0.2) is 9.98 Å². The number of ether oxygens (including phenoxy) is 1. The molecule has 0 saturated heterocycles. The minimum atomic E-state index is 0. The molecule has 0 spiro atoms. The van der Waals surface area contributed by atoms with Crippen molar-refractivity contribution in [2.45, 2.75) is 31.8 Å². The average molecular weight is 363 g/mol. The second-order valence-electron chi connectivity index (χ2n) is 3.99. The number of nitrogens with zero attached hydrogens (tertiary/aromatic N) is 3. The normalized spacial score (nSPS) is 15.5. The average Bonchev–Trinajstić information content (AvgIpc) is 2.31. The van der Waals surface area contributed by atoms with Crippen molar-refractivity contribution in [2.24, 2.45) is 10.7 Å². The summed E-state index contributed by atoms with van der Waals surface area (Å²) in [6.07, 6.45) is 5.26. The first-order valence-corrected chi connectivity index (χ1v) is 5.70. The molecule has 7 heteroatoms. The number of methoxy groups -OCH3 is 1. The van der Waals surface area contributed by atoms with Crippen molar-refractivity contribution >= 4 is 29.9 Å². The van der Waals surface area contributed by atoms with E-state index in [0.29, 0.717) is 30.3 Å². The molecule has 1 aromatic heterocycles. The van der Waals surface area contributed by atoms with Gasteiger partial charge in [0.1, 0.15) is 6.54 Å². The number of nitrogens with one attached hydrogen (secondary N) is 1. The van der Waals surface area contributed by atoms with Crippen molar-refractivity contribution in [2.75, 3.05) is 7.11 Å². The summed E-state index contributed by atoms with van der Waals surface area (Å²) >= 11 is 0. The molecule has 0 atom stereocenters. The predicted octanol–water partition coefficient (Wildman–Crippen LogP) is 1.06. The van der Waals surface area contributed by atoms with E-state index in [4.69, 9.17) is 10.5 Å². The van der Waals surface area contributed by atoms with Gasteiger partial charge < -0.3 is 15.8 Å². The van der Waals surface area contributed by atoms with E-state index in [1.165, 1.54) is 19.3 Å². The fourth-order valence-electron chi connectivity index (χ4n) is 1.53. The molecule has 0 amide bonds. The van der Waals surface area contributed by atoms with Gasteiger partial charge in [-0.3, -0.25) is 0 Å². The van der Waals surface area contributed by atoms with Gasteiger partial charge >= 0.3 is 0 Å². The highest BCUT2D eigenvalue weighted by Crippen LogP contribution is 2.17. The van der Waals surface area contributed by atoms with E-state index in [2.05, 4.69) is 20.3 Å². The first kappa shape index (κ1) is 14.9. The summed E-state index contributed by atoms with van der Waals surface area (Å²) in [6.45, 7) is 0.364. The summed E-state index contributed by atoms with van der Waals surface area (Å²) in [4.78, 5) is 12.4. The third-order valence-electron chi connectivity index (χ3n) is 2.74. The van der Waals surface area contributed by atoms with Crippen LogP contribution in [0.15, 0.2) is 17.3 Å². The molecular weight excluding hydrogens is 345 g/mol. The van der Waals surface area contributed by atoms with Crippen molar-refractivity contribution in [3.8, 4) is 5.88 Å². The van der Waals surface area contributed by atoms with Crippen LogP contribution in [0.25, 0.3) is 0 Å². The molecule has 1 aromatic rings. The van der Waals surface area contributed by atoms with Gasteiger partial charge in [-0.2, -0.15) is 4.98 Å². The Hall–Kier alpha value is -1.12. The maximum Gasteiger partial charge on any atom is 0.216 e. The lowest BCUT2D eigenvalue weighted by atomic mass is 9.93. The third kappa shape index (κ3) is 4.28. The van der Waals surface area contributed by atoms with Crippen LogP contribution in [0.4, 0.5) is 0 Å².